The first-order valence-electron chi connectivity index (χ1n) is 4.82. The van der Waals surface area contributed by atoms with Gasteiger partial charge in [-0.05, 0) is 19.9 Å². The Bertz CT molecular complexity index is 300. The Labute approximate surface area is 96.7 Å². The van der Waals surface area contributed by atoms with E-state index >= 15 is 0 Å². The number of hydrogen-bond donors (Lipinski definition) is 0. The van der Waals surface area contributed by atoms with Gasteiger partial charge < -0.3 is 14.2 Å². The Morgan fingerprint density at radius 2 is 2.20 bits per heavy atom. The molecule has 2 aliphatic rings. The maximum absolute atomic E-state index is 10.9. The zero-order valence-corrected chi connectivity index (χ0v) is 10.2. The number of rotatable bonds is 2. The number of halogens is 1. The van der Waals surface area contributed by atoms with Crippen molar-refractivity contribution in [3.8, 4) is 0 Å². The molecule has 0 aromatic carbocycles. The Balaban J connectivity index is 2.08. The van der Waals surface area contributed by atoms with Gasteiger partial charge in [0.05, 0.1) is 0 Å². The summed E-state index contributed by atoms with van der Waals surface area (Å²) in [5, 5.41) is 0.656. The summed E-state index contributed by atoms with van der Waals surface area (Å²) in [7, 11) is 0. The summed E-state index contributed by atoms with van der Waals surface area (Å²) in [6.07, 6.45) is 2.47. The number of cyclic esters (lactones) is 1. The summed E-state index contributed by atoms with van der Waals surface area (Å²) in [5.74, 6) is -0.937. The van der Waals surface area contributed by atoms with E-state index in [0.717, 1.165) is 0 Å². The highest BCUT2D eigenvalue weighted by Gasteiger charge is 2.46. The molecule has 1 saturated heterocycles. The lowest BCUT2D eigenvalue weighted by Gasteiger charge is -2.20. The zero-order chi connectivity index (χ0) is 11.1. The molecule has 84 valence electrons. The average Bonchev–Trinajstić information content (AvgIpc) is 2.69. The van der Waals surface area contributed by atoms with Crippen molar-refractivity contribution < 1.29 is 19.0 Å². The molecule has 4 nitrogen and oxygen atoms in total. The van der Waals surface area contributed by atoms with Crippen LogP contribution in [0.1, 0.15) is 13.8 Å². The molecule has 1 fully saturated rings. The van der Waals surface area contributed by atoms with Crippen LogP contribution in [0, 0.1) is 0 Å². The second-order valence-corrected chi connectivity index (χ2v) is 4.70. The molecule has 3 atom stereocenters. The van der Waals surface area contributed by atoms with Gasteiger partial charge in [0.1, 0.15) is 18.3 Å². The lowest BCUT2D eigenvalue weighted by atomic mass is 10.1. The monoisotopic (exact) mass is 276 g/mol. The third-order valence-corrected chi connectivity index (χ3v) is 3.01. The van der Waals surface area contributed by atoms with E-state index in [1.54, 1.807) is 6.08 Å². The minimum atomic E-state index is -0.619. The summed E-state index contributed by atoms with van der Waals surface area (Å²) in [4.78, 5) is 10.9. The predicted molar refractivity (Wildman–Crippen MR) is 56.6 cm³/mol. The van der Waals surface area contributed by atoms with Crippen LogP contribution in [-0.2, 0) is 19.0 Å². The van der Waals surface area contributed by atoms with Gasteiger partial charge in [0.25, 0.3) is 0 Å². The van der Waals surface area contributed by atoms with Gasteiger partial charge in [0.15, 0.2) is 5.79 Å². The molecule has 2 aliphatic heterocycles. The van der Waals surface area contributed by atoms with E-state index in [9.17, 15) is 4.79 Å². The smallest absolute Gasteiger partial charge is 0.331 e. The summed E-state index contributed by atoms with van der Waals surface area (Å²) in [6.45, 7) is 3.70. The van der Waals surface area contributed by atoms with Gasteiger partial charge in [-0.25, -0.2) is 4.79 Å². The molecule has 0 aromatic heterocycles. The molecule has 0 bridgehead atoms. The van der Waals surface area contributed by atoms with E-state index in [1.807, 2.05) is 13.8 Å². The molecule has 2 heterocycles. The van der Waals surface area contributed by atoms with Gasteiger partial charge in [-0.15, -0.1) is 0 Å². The van der Waals surface area contributed by atoms with Crippen molar-refractivity contribution in [3.05, 3.63) is 12.2 Å². The van der Waals surface area contributed by atoms with Crippen molar-refractivity contribution >= 4 is 21.9 Å². The van der Waals surface area contributed by atoms with E-state index < -0.39 is 5.79 Å². The second-order valence-electron chi connectivity index (χ2n) is 4.05. The van der Waals surface area contributed by atoms with E-state index in [4.69, 9.17) is 14.2 Å². The van der Waals surface area contributed by atoms with Gasteiger partial charge >= 0.3 is 5.97 Å². The number of esters is 1. The van der Waals surface area contributed by atoms with Crippen molar-refractivity contribution in [2.45, 2.75) is 37.9 Å². The van der Waals surface area contributed by atoms with Gasteiger partial charge in [0, 0.05) is 11.4 Å². The lowest BCUT2D eigenvalue weighted by molar-refractivity contribution is -0.160. The van der Waals surface area contributed by atoms with E-state index in [2.05, 4.69) is 15.9 Å². The van der Waals surface area contributed by atoms with Crippen LogP contribution in [-0.4, -0.2) is 35.4 Å². The highest BCUT2D eigenvalue weighted by molar-refractivity contribution is 9.09. The summed E-state index contributed by atoms with van der Waals surface area (Å²) in [5.41, 5.74) is 0. The fourth-order valence-electron chi connectivity index (χ4n) is 1.82. The lowest BCUT2D eigenvalue weighted by Crippen LogP contribution is -2.36. The first-order chi connectivity index (χ1) is 7.02. The molecule has 0 aromatic rings. The Morgan fingerprint density at radius 1 is 1.47 bits per heavy atom. The molecule has 0 radical (unpaired) electrons. The molecule has 0 spiro atoms. The summed E-state index contributed by atoms with van der Waals surface area (Å²) < 4.78 is 16.5. The second kappa shape index (κ2) is 3.88. The van der Waals surface area contributed by atoms with Crippen LogP contribution in [0.15, 0.2) is 12.2 Å². The van der Waals surface area contributed by atoms with E-state index in [-0.39, 0.29) is 24.3 Å². The predicted octanol–water partition coefficient (Wildman–Crippen LogP) is 1.38. The molecule has 5 heteroatoms. The number of alkyl halides is 1. The largest absolute Gasteiger partial charge is 0.452 e. The quantitative estimate of drug-likeness (QED) is 0.565. The first-order valence-corrected chi connectivity index (χ1v) is 5.94. The van der Waals surface area contributed by atoms with Crippen molar-refractivity contribution in [1.82, 2.24) is 0 Å². The maximum Gasteiger partial charge on any atom is 0.331 e. The van der Waals surface area contributed by atoms with Crippen LogP contribution in [0.5, 0.6) is 0 Å². The number of carbonyl (C=O) groups excluding carboxylic acids is 1. The van der Waals surface area contributed by atoms with Crippen molar-refractivity contribution in [1.29, 1.82) is 0 Å². The normalized spacial score (nSPS) is 38.3. The van der Waals surface area contributed by atoms with Crippen molar-refractivity contribution in [3.63, 3.8) is 0 Å². The Morgan fingerprint density at radius 3 is 2.73 bits per heavy atom. The molecule has 0 aliphatic carbocycles. The fourth-order valence-corrected chi connectivity index (χ4v) is 2.32. The van der Waals surface area contributed by atoms with Crippen molar-refractivity contribution in [2.75, 3.05) is 5.33 Å². The zero-order valence-electron chi connectivity index (χ0n) is 8.60. The van der Waals surface area contributed by atoms with Gasteiger partial charge in [-0.2, -0.15) is 0 Å². The van der Waals surface area contributed by atoms with Gasteiger partial charge in [-0.3, -0.25) is 0 Å². The first kappa shape index (κ1) is 11.1. The number of ether oxygens (including phenoxy) is 3. The fraction of sp³-hybridized carbons (Fsp3) is 0.700. The molecular weight excluding hydrogens is 264 g/mol. The topological polar surface area (TPSA) is 44.8 Å². The SMILES string of the molecule is CC1(C)O[C@H]([C@@H]2C=CC(=O)O2)[C@@H](CBr)O1. The van der Waals surface area contributed by atoms with E-state index in [1.165, 1.54) is 6.08 Å². The third kappa shape index (κ3) is 2.24. The van der Waals surface area contributed by atoms with Crippen LogP contribution < -0.4 is 0 Å². The highest BCUT2D eigenvalue weighted by atomic mass is 79.9. The molecule has 0 N–H and O–H groups in total. The number of hydrogen-bond acceptors (Lipinski definition) is 4. The summed E-state index contributed by atoms with van der Waals surface area (Å²) >= 11 is 3.36. The highest BCUT2D eigenvalue weighted by Crippen LogP contribution is 2.33. The molecule has 0 saturated carbocycles. The van der Waals surface area contributed by atoms with Crippen LogP contribution >= 0.6 is 15.9 Å². The molecule has 15 heavy (non-hydrogen) atoms. The molecule has 0 amide bonds. The van der Waals surface area contributed by atoms with Crippen LogP contribution in [0.4, 0.5) is 0 Å². The Hall–Kier alpha value is -0.390. The molecule has 2 rings (SSSR count). The van der Waals surface area contributed by atoms with Crippen LogP contribution in [0.25, 0.3) is 0 Å². The van der Waals surface area contributed by atoms with Crippen LogP contribution in [0.3, 0.4) is 0 Å². The van der Waals surface area contributed by atoms with Gasteiger partial charge in [0.2, 0.25) is 0 Å². The van der Waals surface area contributed by atoms with Crippen LogP contribution in [0.2, 0.25) is 0 Å². The van der Waals surface area contributed by atoms with Gasteiger partial charge in [-0.1, -0.05) is 15.9 Å². The third-order valence-electron chi connectivity index (χ3n) is 2.37. The summed E-state index contributed by atoms with van der Waals surface area (Å²) in [6, 6.07) is 0. The molecular formula is C10H13BrO4. The molecule has 0 unspecified atom stereocenters. The number of carbonyl (C=O) groups is 1. The Kier molecular flexibility index (Phi) is 2.87. The minimum absolute atomic E-state index is 0.0967. The minimum Gasteiger partial charge on any atom is -0.452 e. The average molecular weight is 277 g/mol. The maximum atomic E-state index is 10.9. The van der Waals surface area contributed by atoms with Crippen molar-refractivity contribution in [2.24, 2.45) is 0 Å². The van der Waals surface area contributed by atoms with E-state index in [0.29, 0.717) is 5.33 Å². The standard InChI is InChI=1S/C10H13BrO4/c1-10(2)14-7(5-11)9(15-10)6-3-4-8(12)13-6/h3-4,6-7,9H,5H2,1-2H3/t6-,7+,9+/m0/s1.